The molecule has 0 heterocycles. The van der Waals surface area contributed by atoms with Crippen molar-refractivity contribution < 1.29 is 28.7 Å². The highest BCUT2D eigenvalue weighted by Crippen LogP contribution is 1.89. The van der Waals surface area contributed by atoms with Gasteiger partial charge in [-0.2, -0.15) is 0 Å². The van der Waals surface area contributed by atoms with E-state index in [1.807, 2.05) is 0 Å². The molecule has 0 aliphatic heterocycles. The van der Waals surface area contributed by atoms with Crippen LogP contribution in [0.4, 0.5) is 0 Å². The Morgan fingerprint density at radius 1 is 1.30 bits per heavy atom. The van der Waals surface area contributed by atoms with E-state index in [2.05, 4.69) is 0 Å². The fourth-order valence-corrected chi connectivity index (χ4v) is 0.189. The van der Waals surface area contributed by atoms with Crippen LogP contribution in [0.15, 0.2) is 0 Å². The van der Waals surface area contributed by atoms with Crippen molar-refractivity contribution in [2.45, 2.75) is 12.8 Å². The predicted octanol–water partition coefficient (Wildman–Crippen LogP) is -0.495. The van der Waals surface area contributed by atoms with Crippen LogP contribution >= 0.6 is 0 Å². The summed E-state index contributed by atoms with van der Waals surface area (Å²) in [7, 11) is 0. The van der Waals surface area contributed by atoms with Gasteiger partial charge in [0.15, 0.2) is 0 Å². The van der Waals surface area contributed by atoms with E-state index in [1.165, 1.54) is 0 Å². The molecule has 0 aromatic heterocycles. The molecular weight excluding hydrogens is 140 g/mol. The van der Waals surface area contributed by atoms with Crippen LogP contribution in [0.2, 0.25) is 0 Å². The molecule has 0 fully saturated rings. The third kappa shape index (κ3) is 3.59. The molecule has 0 saturated carbocycles. The average Bonchev–Trinajstić information content (AvgIpc) is 2.01. The second-order valence-corrected chi connectivity index (χ2v) is 1.26. The first-order valence-corrected chi connectivity index (χ1v) is 2.14. The SMILES string of the molecule is [2H]C(C(=O)O)C([2H])([2H])C(=O)C(=O)O. The van der Waals surface area contributed by atoms with Gasteiger partial charge in [-0.05, 0) is 0 Å². The number of carboxylic acids is 2. The number of ketones is 1. The van der Waals surface area contributed by atoms with E-state index in [4.69, 9.17) is 14.3 Å². The zero-order valence-corrected chi connectivity index (χ0v) is 4.70. The molecular formula is C5H6O5. The molecule has 5 nitrogen and oxygen atoms in total. The van der Waals surface area contributed by atoms with Crippen LogP contribution in [0.5, 0.6) is 0 Å². The van der Waals surface area contributed by atoms with E-state index >= 15 is 0 Å². The molecule has 0 radical (unpaired) electrons. The van der Waals surface area contributed by atoms with Crippen molar-refractivity contribution in [2.24, 2.45) is 0 Å². The van der Waals surface area contributed by atoms with Gasteiger partial charge in [0.05, 0.1) is 6.40 Å². The number of carbonyl (C=O) groups is 3. The highest BCUT2D eigenvalue weighted by Gasteiger charge is 2.12. The maximum Gasteiger partial charge on any atom is 0.372 e. The summed E-state index contributed by atoms with van der Waals surface area (Å²) in [5.74, 6) is -5.92. The largest absolute Gasteiger partial charge is 0.481 e. The lowest BCUT2D eigenvalue weighted by molar-refractivity contribution is -0.149. The minimum absolute atomic E-state index is 1.89. The van der Waals surface area contributed by atoms with Crippen LogP contribution in [-0.4, -0.2) is 27.9 Å². The van der Waals surface area contributed by atoms with Crippen molar-refractivity contribution in [1.82, 2.24) is 0 Å². The van der Waals surface area contributed by atoms with Crippen LogP contribution in [0.1, 0.15) is 16.9 Å². The van der Waals surface area contributed by atoms with Gasteiger partial charge in [-0.3, -0.25) is 9.59 Å². The lowest BCUT2D eigenvalue weighted by Gasteiger charge is -1.88. The summed E-state index contributed by atoms with van der Waals surface area (Å²) >= 11 is 0. The number of Topliss-reactive ketones (excluding diaryl/α,β-unsaturated/α-hetero) is 1. The Morgan fingerprint density at radius 2 is 1.80 bits per heavy atom. The first kappa shape index (κ1) is 4.43. The van der Waals surface area contributed by atoms with Gasteiger partial charge in [0, 0.05) is 10.5 Å². The number of carboxylic acid groups (broad SMARTS) is 2. The monoisotopic (exact) mass is 149 g/mol. The van der Waals surface area contributed by atoms with Crippen molar-refractivity contribution in [3.63, 3.8) is 0 Å². The Bertz CT molecular complexity index is 261. The van der Waals surface area contributed by atoms with Gasteiger partial charge >= 0.3 is 11.9 Å². The number of carbonyl (C=O) groups excluding carboxylic acids is 1. The van der Waals surface area contributed by atoms with Gasteiger partial charge in [-0.25, -0.2) is 4.79 Å². The fourth-order valence-electron chi connectivity index (χ4n) is 0.189. The van der Waals surface area contributed by atoms with Gasteiger partial charge in [-0.15, -0.1) is 0 Å². The van der Waals surface area contributed by atoms with E-state index in [-0.39, 0.29) is 0 Å². The Hall–Kier alpha value is -1.39. The molecule has 0 amide bonds. The lowest BCUT2D eigenvalue weighted by Crippen LogP contribution is -2.13. The molecule has 0 rings (SSSR count). The second kappa shape index (κ2) is 3.60. The van der Waals surface area contributed by atoms with E-state index < -0.39 is 30.5 Å². The smallest absolute Gasteiger partial charge is 0.372 e. The van der Waals surface area contributed by atoms with E-state index in [1.54, 1.807) is 0 Å². The summed E-state index contributed by atoms with van der Waals surface area (Å²) in [6, 6.07) is 0. The maximum atomic E-state index is 10.6. The average molecular weight is 149 g/mol. The van der Waals surface area contributed by atoms with Crippen molar-refractivity contribution in [1.29, 1.82) is 0 Å². The standard InChI is InChI=1S/C5H6O5/c6-3(5(9)10)1-2-4(7)8/h1-2H2,(H,7,8)(H,9,10)/i1D2,2D. The Balaban J connectivity index is 4.85. The highest BCUT2D eigenvalue weighted by molar-refractivity contribution is 6.32. The summed E-state index contributed by atoms with van der Waals surface area (Å²) in [5, 5.41) is 16.3. The normalized spacial score (nSPS) is 17.8. The van der Waals surface area contributed by atoms with E-state index in [9.17, 15) is 14.4 Å². The molecule has 0 bridgehead atoms. The fraction of sp³-hybridized carbons (Fsp3) is 0.400. The lowest BCUT2D eigenvalue weighted by atomic mass is 10.2. The number of rotatable bonds is 4. The summed E-state index contributed by atoms with van der Waals surface area (Å²) in [6.45, 7) is 0. The van der Waals surface area contributed by atoms with Crippen LogP contribution in [0.3, 0.4) is 0 Å². The molecule has 0 aliphatic rings. The third-order valence-corrected chi connectivity index (χ3v) is 0.521. The van der Waals surface area contributed by atoms with Gasteiger partial charge in [-0.1, -0.05) is 0 Å². The molecule has 0 aromatic carbocycles. The van der Waals surface area contributed by atoms with Gasteiger partial charge < -0.3 is 10.2 Å². The molecule has 5 heteroatoms. The van der Waals surface area contributed by atoms with Crippen LogP contribution in [0.25, 0.3) is 0 Å². The van der Waals surface area contributed by atoms with E-state index in [0.29, 0.717) is 0 Å². The number of aliphatic carboxylic acids is 2. The van der Waals surface area contributed by atoms with Crippen molar-refractivity contribution in [3.05, 3.63) is 0 Å². The molecule has 10 heavy (non-hydrogen) atoms. The summed E-state index contributed by atoms with van der Waals surface area (Å²) in [6.07, 6.45) is -5.64. The number of hydrogen-bond acceptors (Lipinski definition) is 3. The molecule has 1 unspecified atom stereocenters. The van der Waals surface area contributed by atoms with Crippen molar-refractivity contribution >= 4 is 17.7 Å². The topological polar surface area (TPSA) is 91.7 Å². The Labute approximate surface area is 60.5 Å². The molecule has 0 saturated heterocycles. The summed E-state index contributed by atoms with van der Waals surface area (Å²) in [4.78, 5) is 30.7. The minimum Gasteiger partial charge on any atom is -0.481 e. The zero-order chi connectivity index (χ0) is 10.8. The minimum atomic E-state index is -3.21. The zero-order valence-electron chi connectivity index (χ0n) is 7.70. The van der Waals surface area contributed by atoms with Crippen LogP contribution < -0.4 is 0 Å². The molecule has 0 spiro atoms. The second-order valence-electron chi connectivity index (χ2n) is 1.26. The highest BCUT2D eigenvalue weighted by atomic mass is 16.4. The first-order chi connectivity index (χ1) is 5.71. The van der Waals surface area contributed by atoms with Crippen LogP contribution in [0, 0.1) is 0 Å². The van der Waals surface area contributed by atoms with Gasteiger partial charge in [0.1, 0.15) is 0 Å². The molecule has 0 aliphatic carbocycles. The van der Waals surface area contributed by atoms with Gasteiger partial charge in [0.25, 0.3) is 0 Å². The summed E-state index contributed by atoms with van der Waals surface area (Å²) < 4.78 is 20.2. The molecule has 0 aromatic rings. The quantitative estimate of drug-likeness (QED) is 0.526. The molecule has 56 valence electrons. The number of hydrogen-bond donors (Lipinski definition) is 2. The summed E-state index contributed by atoms with van der Waals surface area (Å²) in [5.41, 5.74) is 0. The van der Waals surface area contributed by atoms with Crippen molar-refractivity contribution in [2.75, 3.05) is 0 Å². The van der Waals surface area contributed by atoms with E-state index in [0.717, 1.165) is 0 Å². The Kier molecular flexibility index (Phi) is 1.59. The predicted molar refractivity (Wildman–Crippen MR) is 29.5 cm³/mol. The maximum absolute atomic E-state index is 10.6. The Morgan fingerprint density at radius 3 is 2.10 bits per heavy atom. The molecule has 1 atom stereocenters. The van der Waals surface area contributed by atoms with Crippen molar-refractivity contribution in [3.8, 4) is 0 Å². The first-order valence-electron chi connectivity index (χ1n) is 3.71. The third-order valence-electron chi connectivity index (χ3n) is 0.521. The molecule has 2 N–H and O–H groups in total. The van der Waals surface area contributed by atoms with Gasteiger partial charge in [0.2, 0.25) is 5.78 Å². The van der Waals surface area contributed by atoms with Crippen LogP contribution in [-0.2, 0) is 14.4 Å².